The average Bonchev–Trinajstić information content (AvgIpc) is 3.23. The number of hydrogen-bond donors (Lipinski definition) is 1. The number of furan rings is 1. The lowest BCUT2D eigenvalue weighted by molar-refractivity contribution is -0.122. The first-order valence-electron chi connectivity index (χ1n) is 8.28. The zero-order valence-corrected chi connectivity index (χ0v) is 13.6. The minimum atomic E-state index is -0.271. The molecule has 4 heteroatoms. The number of carbonyl (C=O) groups is 1. The number of benzene rings is 2. The highest BCUT2D eigenvalue weighted by Gasteiger charge is 2.60. The molecule has 1 N–H and O–H groups in total. The average molecular weight is 330 g/mol. The normalized spacial score (nSPS) is 18.2. The van der Waals surface area contributed by atoms with Crippen molar-refractivity contribution in [2.75, 3.05) is 0 Å². The summed E-state index contributed by atoms with van der Waals surface area (Å²) in [5.74, 6) is 0.398. The second-order valence-corrected chi connectivity index (χ2v) is 6.21. The van der Waals surface area contributed by atoms with Gasteiger partial charge in [-0.25, -0.2) is 5.43 Å². The predicted molar refractivity (Wildman–Crippen MR) is 96.2 cm³/mol. The molecule has 0 spiro atoms. The topological polar surface area (TPSA) is 54.6 Å². The van der Waals surface area contributed by atoms with Gasteiger partial charge in [0.2, 0.25) is 5.91 Å². The van der Waals surface area contributed by atoms with Gasteiger partial charge in [-0.05, 0) is 29.7 Å². The fourth-order valence-electron chi connectivity index (χ4n) is 3.46. The van der Waals surface area contributed by atoms with Gasteiger partial charge in [-0.3, -0.25) is 4.79 Å². The number of hydrazone groups is 1. The molecule has 2 aromatic carbocycles. The molecule has 1 aromatic heterocycles. The van der Waals surface area contributed by atoms with Crippen molar-refractivity contribution in [3.05, 3.63) is 95.9 Å². The van der Waals surface area contributed by atoms with Crippen LogP contribution in [-0.4, -0.2) is 12.1 Å². The lowest BCUT2D eigenvalue weighted by Gasteiger charge is -2.18. The van der Waals surface area contributed by atoms with E-state index in [2.05, 4.69) is 34.8 Å². The van der Waals surface area contributed by atoms with E-state index in [0.29, 0.717) is 5.76 Å². The van der Waals surface area contributed by atoms with E-state index in [9.17, 15) is 4.79 Å². The summed E-state index contributed by atoms with van der Waals surface area (Å²) in [6.45, 7) is 0. The molecule has 124 valence electrons. The molecule has 1 atom stereocenters. The predicted octanol–water partition coefficient (Wildman–Crippen LogP) is 3.74. The first kappa shape index (κ1) is 15.4. The van der Waals surface area contributed by atoms with E-state index < -0.39 is 0 Å². The highest BCUT2D eigenvalue weighted by molar-refractivity contribution is 5.87. The summed E-state index contributed by atoms with van der Waals surface area (Å²) >= 11 is 0. The van der Waals surface area contributed by atoms with Gasteiger partial charge in [0.05, 0.1) is 18.4 Å². The number of rotatable bonds is 5. The van der Waals surface area contributed by atoms with E-state index in [4.69, 9.17) is 4.42 Å². The second kappa shape index (κ2) is 6.40. The maximum atomic E-state index is 12.6. The van der Waals surface area contributed by atoms with Crippen LogP contribution in [-0.2, 0) is 10.2 Å². The first-order valence-corrected chi connectivity index (χ1v) is 8.28. The number of carbonyl (C=O) groups excluding carboxylic acids is 1. The number of hydrogen-bond acceptors (Lipinski definition) is 3. The van der Waals surface area contributed by atoms with Gasteiger partial charge in [0, 0.05) is 5.41 Å². The molecule has 1 amide bonds. The molecule has 1 aliphatic carbocycles. The van der Waals surface area contributed by atoms with Crippen LogP contribution >= 0.6 is 0 Å². The third-order valence-corrected chi connectivity index (χ3v) is 4.76. The molecule has 0 unspecified atom stereocenters. The van der Waals surface area contributed by atoms with Crippen molar-refractivity contribution in [2.45, 2.75) is 11.8 Å². The minimum absolute atomic E-state index is 0.0736. The number of amides is 1. The Morgan fingerprint density at radius 2 is 1.64 bits per heavy atom. The van der Waals surface area contributed by atoms with Crippen molar-refractivity contribution in [3.8, 4) is 0 Å². The van der Waals surface area contributed by atoms with Crippen LogP contribution in [0.3, 0.4) is 0 Å². The maximum absolute atomic E-state index is 12.6. The molecule has 4 nitrogen and oxygen atoms in total. The summed E-state index contributed by atoms with van der Waals surface area (Å²) in [4.78, 5) is 12.6. The molecule has 25 heavy (non-hydrogen) atoms. The summed E-state index contributed by atoms with van der Waals surface area (Å²) in [6.07, 6.45) is 3.86. The Bertz CT molecular complexity index is 831. The lowest BCUT2D eigenvalue weighted by atomic mass is 9.85. The molecule has 1 saturated carbocycles. The van der Waals surface area contributed by atoms with E-state index in [1.54, 1.807) is 18.4 Å². The van der Waals surface area contributed by atoms with Gasteiger partial charge in [-0.15, -0.1) is 0 Å². The van der Waals surface area contributed by atoms with Crippen molar-refractivity contribution >= 4 is 12.1 Å². The molecule has 1 fully saturated rings. The van der Waals surface area contributed by atoms with Gasteiger partial charge in [0.25, 0.3) is 0 Å². The van der Waals surface area contributed by atoms with Crippen LogP contribution in [0.25, 0.3) is 0 Å². The quantitative estimate of drug-likeness (QED) is 0.572. The Labute approximate surface area is 146 Å². The van der Waals surface area contributed by atoms with E-state index in [0.717, 1.165) is 17.5 Å². The van der Waals surface area contributed by atoms with Crippen LogP contribution in [0.4, 0.5) is 0 Å². The monoisotopic (exact) mass is 330 g/mol. The van der Waals surface area contributed by atoms with Gasteiger partial charge in [0.15, 0.2) is 0 Å². The van der Waals surface area contributed by atoms with Crippen LogP contribution in [0, 0.1) is 5.92 Å². The van der Waals surface area contributed by atoms with Crippen molar-refractivity contribution in [1.82, 2.24) is 5.43 Å². The zero-order chi connectivity index (χ0) is 17.1. The molecule has 0 aliphatic heterocycles. The van der Waals surface area contributed by atoms with E-state index in [1.807, 2.05) is 36.4 Å². The fourth-order valence-corrected chi connectivity index (χ4v) is 3.46. The summed E-state index contributed by atoms with van der Waals surface area (Å²) in [5, 5.41) is 4.01. The SMILES string of the molecule is O=C(N/N=C\c1ccco1)[C@H]1CC1(c1ccccc1)c1ccccc1. The second-order valence-electron chi connectivity index (χ2n) is 6.21. The third-order valence-electron chi connectivity index (χ3n) is 4.76. The Hall–Kier alpha value is -3.14. The Morgan fingerprint density at radius 3 is 2.20 bits per heavy atom. The summed E-state index contributed by atoms with van der Waals surface area (Å²) in [6, 6.07) is 24.0. The number of nitrogens with zero attached hydrogens (tertiary/aromatic N) is 1. The summed E-state index contributed by atoms with van der Waals surface area (Å²) in [7, 11) is 0. The standard InChI is InChI=1S/C21H18N2O2/c24-20(23-22-15-18-12-7-13-25-18)19-14-21(19,16-8-3-1-4-9-16)17-10-5-2-6-11-17/h1-13,15,19H,14H2,(H,23,24)/b22-15-/t19-/m1/s1. The van der Waals surface area contributed by atoms with Crippen molar-refractivity contribution in [2.24, 2.45) is 11.0 Å². The van der Waals surface area contributed by atoms with Gasteiger partial charge >= 0.3 is 0 Å². The molecular weight excluding hydrogens is 312 g/mol. The van der Waals surface area contributed by atoms with Crippen molar-refractivity contribution < 1.29 is 9.21 Å². The zero-order valence-electron chi connectivity index (χ0n) is 13.6. The smallest absolute Gasteiger partial charge is 0.244 e. The van der Waals surface area contributed by atoms with Gasteiger partial charge in [-0.2, -0.15) is 5.10 Å². The van der Waals surface area contributed by atoms with Gasteiger partial charge in [0.1, 0.15) is 5.76 Å². The summed E-state index contributed by atoms with van der Waals surface area (Å²) < 4.78 is 5.17. The molecular formula is C21H18N2O2. The Balaban J connectivity index is 1.57. The van der Waals surface area contributed by atoms with E-state index in [1.165, 1.54) is 6.21 Å². The van der Waals surface area contributed by atoms with Crippen LogP contribution in [0.2, 0.25) is 0 Å². The Kier molecular flexibility index (Phi) is 3.94. The third kappa shape index (κ3) is 2.87. The van der Waals surface area contributed by atoms with Crippen LogP contribution in [0.15, 0.2) is 88.6 Å². The van der Waals surface area contributed by atoms with Crippen LogP contribution in [0.5, 0.6) is 0 Å². The summed E-state index contributed by atoms with van der Waals surface area (Å²) in [5.41, 5.74) is 4.70. The maximum Gasteiger partial charge on any atom is 0.244 e. The lowest BCUT2D eigenvalue weighted by Crippen LogP contribution is -2.25. The molecule has 4 rings (SSSR count). The molecule has 0 bridgehead atoms. The minimum Gasteiger partial charge on any atom is -0.463 e. The molecule has 1 aliphatic rings. The van der Waals surface area contributed by atoms with E-state index in [-0.39, 0.29) is 17.2 Å². The molecule has 1 heterocycles. The molecule has 3 aromatic rings. The van der Waals surface area contributed by atoms with E-state index >= 15 is 0 Å². The molecule has 0 saturated heterocycles. The Morgan fingerprint density at radius 1 is 1.00 bits per heavy atom. The van der Waals surface area contributed by atoms with Crippen molar-refractivity contribution in [1.29, 1.82) is 0 Å². The largest absolute Gasteiger partial charge is 0.463 e. The van der Waals surface area contributed by atoms with Gasteiger partial charge in [-0.1, -0.05) is 60.7 Å². The van der Waals surface area contributed by atoms with Crippen LogP contribution < -0.4 is 5.43 Å². The van der Waals surface area contributed by atoms with Crippen molar-refractivity contribution in [3.63, 3.8) is 0 Å². The number of nitrogens with one attached hydrogen (secondary N) is 1. The first-order chi connectivity index (χ1) is 12.3. The highest BCUT2D eigenvalue weighted by Crippen LogP contribution is 2.58. The fraction of sp³-hybridized carbons (Fsp3) is 0.143. The van der Waals surface area contributed by atoms with Gasteiger partial charge < -0.3 is 4.42 Å². The molecule has 0 radical (unpaired) electrons. The highest BCUT2D eigenvalue weighted by atomic mass is 16.3. The van der Waals surface area contributed by atoms with Crippen LogP contribution in [0.1, 0.15) is 23.3 Å².